The van der Waals surface area contributed by atoms with Crippen LogP contribution >= 0.6 is 0 Å². The van der Waals surface area contributed by atoms with E-state index in [0.29, 0.717) is 5.76 Å². The average Bonchev–Trinajstić information content (AvgIpc) is 3.07. The monoisotopic (exact) mass is 271 g/mol. The first-order valence-corrected chi connectivity index (χ1v) is 6.76. The van der Waals surface area contributed by atoms with Gasteiger partial charge in [-0.2, -0.15) is 0 Å². The highest BCUT2D eigenvalue weighted by Crippen LogP contribution is 2.40. The number of anilines is 1. The van der Waals surface area contributed by atoms with Gasteiger partial charge in [-0.3, -0.25) is 4.79 Å². The molecule has 4 heteroatoms. The van der Waals surface area contributed by atoms with Crippen LogP contribution in [-0.2, 0) is 4.79 Å². The Morgan fingerprint density at radius 1 is 1.40 bits per heavy atom. The maximum absolute atomic E-state index is 12.1. The van der Waals surface area contributed by atoms with Crippen molar-refractivity contribution in [3.63, 3.8) is 0 Å². The number of hydrogen-bond donors (Lipinski definition) is 1. The number of carbonyl (C=O) groups is 1. The summed E-state index contributed by atoms with van der Waals surface area (Å²) in [7, 11) is 1.79. The van der Waals surface area contributed by atoms with Crippen LogP contribution < -0.4 is 4.90 Å². The summed E-state index contributed by atoms with van der Waals surface area (Å²) in [4.78, 5) is 13.8. The van der Waals surface area contributed by atoms with E-state index in [0.717, 1.165) is 23.2 Å². The van der Waals surface area contributed by atoms with Gasteiger partial charge in [-0.15, -0.1) is 0 Å². The van der Waals surface area contributed by atoms with E-state index in [-0.39, 0.29) is 11.8 Å². The third kappa shape index (κ3) is 1.84. The van der Waals surface area contributed by atoms with Gasteiger partial charge < -0.3 is 14.4 Å². The summed E-state index contributed by atoms with van der Waals surface area (Å²) in [6.07, 6.45) is 1.50. The van der Waals surface area contributed by atoms with Crippen LogP contribution in [0, 0.1) is 0 Å². The van der Waals surface area contributed by atoms with Crippen LogP contribution in [-0.4, -0.2) is 18.1 Å². The van der Waals surface area contributed by atoms with Crippen molar-refractivity contribution >= 4 is 11.6 Å². The van der Waals surface area contributed by atoms with Crippen LogP contribution in [0.5, 0.6) is 0 Å². The zero-order chi connectivity index (χ0) is 14.3. The predicted octanol–water partition coefficient (Wildman–Crippen LogP) is 2.83. The minimum atomic E-state index is -0.797. The summed E-state index contributed by atoms with van der Waals surface area (Å²) in [5.74, 6) is 0.515. The standard InChI is InChI=1S/C16H17NO3/c1-3-11-12-9-10(15(18)14-5-4-8-20-14)6-7-13(12)17(2)16(11)19/h4-9,11,15,18H,3H2,1-2H3. The maximum atomic E-state index is 12.1. The van der Waals surface area contributed by atoms with Crippen molar-refractivity contribution in [3.8, 4) is 0 Å². The number of benzene rings is 1. The summed E-state index contributed by atoms with van der Waals surface area (Å²) >= 11 is 0. The van der Waals surface area contributed by atoms with Gasteiger partial charge in [0, 0.05) is 12.7 Å². The van der Waals surface area contributed by atoms with E-state index in [1.54, 1.807) is 24.1 Å². The van der Waals surface area contributed by atoms with Gasteiger partial charge in [0.25, 0.3) is 0 Å². The Balaban J connectivity index is 2.02. The minimum absolute atomic E-state index is 0.112. The van der Waals surface area contributed by atoms with Crippen molar-refractivity contribution in [2.75, 3.05) is 11.9 Å². The smallest absolute Gasteiger partial charge is 0.234 e. The van der Waals surface area contributed by atoms with Gasteiger partial charge in [-0.25, -0.2) is 0 Å². The van der Waals surface area contributed by atoms with Gasteiger partial charge in [0.15, 0.2) is 0 Å². The molecule has 1 amide bonds. The number of nitrogens with zero attached hydrogens (tertiary/aromatic N) is 1. The molecule has 104 valence electrons. The number of aliphatic hydroxyl groups excluding tert-OH is 1. The second-order valence-electron chi connectivity index (χ2n) is 5.09. The molecule has 0 aliphatic carbocycles. The Morgan fingerprint density at radius 2 is 2.20 bits per heavy atom. The van der Waals surface area contributed by atoms with Crippen LogP contribution in [0.1, 0.15) is 42.3 Å². The molecule has 2 atom stereocenters. The normalized spacial score (nSPS) is 19.2. The van der Waals surface area contributed by atoms with E-state index in [1.165, 1.54) is 6.26 Å². The zero-order valence-corrected chi connectivity index (χ0v) is 11.5. The number of carbonyl (C=O) groups excluding carboxylic acids is 1. The van der Waals surface area contributed by atoms with Crippen molar-refractivity contribution in [2.45, 2.75) is 25.4 Å². The number of furan rings is 1. The number of aliphatic hydroxyl groups is 1. The van der Waals surface area contributed by atoms with Crippen LogP contribution in [0.15, 0.2) is 41.0 Å². The number of amides is 1. The van der Waals surface area contributed by atoms with Crippen molar-refractivity contribution in [3.05, 3.63) is 53.5 Å². The quantitative estimate of drug-likeness (QED) is 0.934. The molecule has 1 aliphatic rings. The highest BCUT2D eigenvalue weighted by atomic mass is 16.4. The summed E-state index contributed by atoms with van der Waals surface area (Å²) in [6.45, 7) is 2.00. The Morgan fingerprint density at radius 3 is 2.85 bits per heavy atom. The zero-order valence-electron chi connectivity index (χ0n) is 11.5. The number of likely N-dealkylation sites (N-methyl/N-ethyl adjacent to an activating group) is 1. The first-order valence-electron chi connectivity index (χ1n) is 6.76. The van der Waals surface area contributed by atoms with Gasteiger partial charge >= 0.3 is 0 Å². The summed E-state index contributed by atoms with van der Waals surface area (Å²) in [5.41, 5.74) is 2.67. The second kappa shape index (κ2) is 4.80. The molecule has 3 rings (SSSR count). The molecule has 2 unspecified atom stereocenters. The van der Waals surface area contributed by atoms with Crippen molar-refractivity contribution in [2.24, 2.45) is 0 Å². The lowest BCUT2D eigenvalue weighted by molar-refractivity contribution is -0.119. The predicted molar refractivity (Wildman–Crippen MR) is 75.7 cm³/mol. The van der Waals surface area contributed by atoms with Gasteiger partial charge in [-0.05, 0) is 41.8 Å². The largest absolute Gasteiger partial charge is 0.466 e. The summed E-state index contributed by atoms with van der Waals surface area (Å²) < 4.78 is 5.24. The number of fused-ring (bicyclic) bond motifs is 1. The van der Waals surface area contributed by atoms with E-state index >= 15 is 0 Å². The Labute approximate surface area is 117 Å². The lowest BCUT2D eigenvalue weighted by Crippen LogP contribution is -2.23. The molecule has 0 fully saturated rings. The topological polar surface area (TPSA) is 53.7 Å². The Hall–Kier alpha value is -2.07. The van der Waals surface area contributed by atoms with Gasteiger partial charge in [0.05, 0.1) is 12.2 Å². The first-order chi connectivity index (χ1) is 9.63. The molecule has 0 saturated heterocycles. The van der Waals surface area contributed by atoms with Gasteiger partial charge in [0.2, 0.25) is 5.91 Å². The molecule has 0 bridgehead atoms. The minimum Gasteiger partial charge on any atom is -0.466 e. The van der Waals surface area contributed by atoms with Crippen LogP contribution in [0.3, 0.4) is 0 Å². The van der Waals surface area contributed by atoms with Crippen molar-refractivity contribution < 1.29 is 14.3 Å². The molecule has 0 spiro atoms. The van der Waals surface area contributed by atoms with Crippen molar-refractivity contribution in [1.29, 1.82) is 0 Å². The average molecular weight is 271 g/mol. The second-order valence-corrected chi connectivity index (χ2v) is 5.09. The van der Waals surface area contributed by atoms with Gasteiger partial charge in [0.1, 0.15) is 11.9 Å². The van der Waals surface area contributed by atoms with E-state index in [1.807, 2.05) is 25.1 Å². The SMILES string of the molecule is CCC1C(=O)N(C)c2ccc(C(O)c3ccco3)cc21. The molecule has 20 heavy (non-hydrogen) atoms. The molecule has 0 radical (unpaired) electrons. The highest BCUT2D eigenvalue weighted by molar-refractivity contribution is 6.04. The number of rotatable bonds is 3. The highest BCUT2D eigenvalue weighted by Gasteiger charge is 2.34. The molecule has 1 aliphatic heterocycles. The first kappa shape index (κ1) is 12.9. The van der Waals surface area contributed by atoms with Crippen LogP contribution in [0.2, 0.25) is 0 Å². The van der Waals surface area contributed by atoms with Gasteiger partial charge in [-0.1, -0.05) is 13.0 Å². The maximum Gasteiger partial charge on any atom is 0.234 e. The third-order valence-electron chi connectivity index (χ3n) is 3.95. The number of hydrogen-bond acceptors (Lipinski definition) is 3. The molecular formula is C16H17NO3. The van der Waals surface area contributed by atoms with Crippen LogP contribution in [0.4, 0.5) is 5.69 Å². The van der Waals surface area contributed by atoms with E-state index in [4.69, 9.17) is 4.42 Å². The molecule has 4 nitrogen and oxygen atoms in total. The van der Waals surface area contributed by atoms with E-state index in [2.05, 4.69) is 0 Å². The Bertz CT molecular complexity index is 633. The molecule has 0 saturated carbocycles. The molecule has 1 N–H and O–H groups in total. The van der Waals surface area contributed by atoms with Crippen molar-refractivity contribution in [1.82, 2.24) is 0 Å². The molecule has 1 aromatic heterocycles. The molecule has 2 heterocycles. The lowest BCUT2D eigenvalue weighted by Gasteiger charge is -2.12. The lowest BCUT2D eigenvalue weighted by atomic mass is 9.94. The fraction of sp³-hybridized carbons (Fsp3) is 0.312. The van der Waals surface area contributed by atoms with Crippen LogP contribution in [0.25, 0.3) is 0 Å². The third-order valence-corrected chi connectivity index (χ3v) is 3.95. The fourth-order valence-corrected chi connectivity index (χ4v) is 2.82. The fourth-order valence-electron chi connectivity index (χ4n) is 2.82. The molecule has 1 aromatic carbocycles. The molecule has 2 aromatic rings. The Kier molecular flexibility index (Phi) is 3.10. The molecular weight excluding hydrogens is 254 g/mol. The summed E-state index contributed by atoms with van der Waals surface area (Å²) in [6, 6.07) is 9.14. The van der Waals surface area contributed by atoms with E-state index < -0.39 is 6.10 Å². The summed E-state index contributed by atoms with van der Waals surface area (Å²) in [5, 5.41) is 10.3. The van der Waals surface area contributed by atoms with E-state index in [9.17, 15) is 9.90 Å².